The number of rotatable bonds is 3. The Morgan fingerprint density at radius 1 is 1.22 bits per heavy atom. The van der Waals surface area contributed by atoms with Gasteiger partial charge in [0.05, 0.1) is 5.92 Å². The Morgan fingerprint density at radius 3 is 1.94 bits per heavy atom. The Morgan fingerprint density at radius 2 is 1.67 bits per heavy atom. The van der Waals surface area contributed by atoms with Crippen LogP contribution in [0, 0.1) is 5.92 Å². The van der Waals surface area contributed by atoms with Crippen molar-refractivity contribution in [1.29, 1.82) is 0 Å². The molecule has 0 aliphatic rings. The highest BCUT2D eigenvalue weighted by Gasteiger charge is 2.45. The molecule has 0 saturated heterocycles. The van der Waals surface area contributed by atoms with Crippen LogP contribution in [0.1, 0.15) is 27.7 Å². The lowest BCUT2D eigenvalue weighted by Crippen LogP contribution is -2.50. The Balaban J connectivity index is 4.76. The number of carboxylic acids is 1. The number of ether oxygens (including phenoxy) is 1. The second-order valence-corrected chi connectivity index (χ2v) is 4.79. The second-order valence-electron chi connectivity index (χ2n) is 4.79. The molecule has 18 heavy (non-hydrogen) atoms. The SMILES string of the molecule is CC([C@H](NC(=O)OC(C)(C)C)C(=O)O)C(F)(F)F. The van der Waals surface area contributed by atoms with Crippen LogP contribution in [0.5, 0.6) is 0 Å². The molecule has 2 atom stereocenters. The van der Waals surface area contributed by atoms with E-state index in [1.165, 1.54) is 20.8 Å². The highest BCUT2D eigenvalue weighted by molar-refractivity contribution is 5.80. The maximum Gasteiger partial charge on any atom is 0.408 e. The molecule has 0 aliphatic carbocycles. The lowest BCUT2D eigenvalue weighted by molar-refractivity contribution is -0.184. The fraction of sp³-hybridized carbons (Fsp3) is 0.800. The van der Waals surface area contributed by atoms with E-state index in [0.717, 1.165) is 0 Å². The number of carbonyl (C=O) groups is 2. The molecular weight excluding hydrogens is 255 g/mol. The van der Waals surface area contributed by atoms with Crippen molar-refractivity contribution in [1.82, 2.24) is 5.32 Å². The quantitative estimate of drug-likeness (QED) is 0.824. The number of carbonyl (C=O) groups excluding carboxylic acids is 1. The summed E-state index contributed by atoms with van der Waals surface area (Å²) in [5.74, 6) is -3.99. The lowest BCUT2D eigenvalue weighted by atomic mass is 10.0. The van der Waals surface area contributed by atoms with Crippen LogP contribution in [0.15, 0.2) is 0 Å². The first-order valence-corrected chi connectivity index (χ1v) is 5.13. The molecule has 1 amide bonds. The van der Waals surface area contributed by atoms with E-state index in [4.69, 9.17) is 9.84 Å². The van der Waals surface area contributed by atoms with Crippen molar-refractivity contribution in [2.24, 2.45) is 5.92 Å². The summed E-state index contributed by atoms with van der Waals surface area (Å²) in [6.45, 7) is 5.21. The van der Waals surface area contributed by atoms with Gasteiger partial charge in [-0.25, -0.2) is 9.59 Å². The minimum absolute atomic E-state index is 0.677. The van der Waals surface area contributed by atoms with Gasteiger partial charge in [0.1, 0.15) is 11.6 Å². The highest BCUT2D eigenvalue weighted by atomic mass is 19.4. The number of alkyl carbamates (subject to hydrolysis) is 1. The van der Waals surface area contributed by atoms with Gasteiger partial charge in [0.25, 0.3) is 0 Å². The molecular formula is C10H16F3NO4. The van der Waals surface area contributed by atoms with Crippen molar-refractivity contribution in [3.05, 3.63) is 0 Å². The minimum Gasteiger partial charge on any atom is -0.480 e. The predicted molar refractivity (Wildman–Crippen MR) is 56.0 cm³/mol. The first kappa shape index (κ1) is 16.5. The molecule has 0 aromatic heterocycles. The van der Waals surface area contributed by atoms with Gasteiger partial charge in [-0.3, -0.25) is 0 Å². The number of alkyl halides is 3. The van der Waals surface area contributed by atoms with E-state index in [-0.39, 0.29) is 0 Å². The third kappa shape index (κ3) is 5.74. The first-order valence-electron chi connectivity index (χ1n) is 5.13. The van der Waals surface area contributed by atoms with Gasteiger partial charge in [-0.15, -0.1) is 0 Å². The van der Waals surface area contributed by atoms with Gasteiger partial charge >= 0.3 is 18.2 Å². The number of amides is 1. The van der Waals surface area contributed by atoms with Gasteiger partial charge in [0.2, 0.25) is 0 Å². The largest absolute Gasteiger partial charge is 0.480 e. The van der Waals surface area contributed by atoms with E-state index in [0.29, 0.717) is 6.92 Å². The van der Waals surface area contributed by atoms with Crippen molar-refractivity contribution in [3.63, 3.8) is 0 Å². The Kier molecular flexibility index (Phi) is 5.00. The van der Waals surface area contributed by atoms with E-state index in [9.17, 15) is 22.8 Å². The molecule has 106 valence electrons. The average Bonchev–Trinajstić information content (AvgIpc) is 2.08. The van der Waals surface area contributed by atoms with Crippen molar-refractivity contribution in [3.8, 4) is 0 Å². The number of hydrogen-bond acceptors (Lipinski definition) is 3. The van der Waals surface area contributed by atoms with Crippen LogP contribution in [-0.4, -0.2) is 35.0 Å². The summed E-state index contributed by atoms with van der Waals surface area (Å²) in [5.41, 5.74) is -0.922. The van der Waals surface area contributed by atoms with Gasteiger partial charge in [-0.05, 0) is 20.8 Å². The first-order chi connectivity index (χ1) is 7.84. The summed E-state index contributed by atoms with van der Waals surface area (Å²) in [7, 11) is 0. The third-order valence-corrected chi connectivity index (χ3v) is 1.95. The van der Waals surface area contributed by atoms with Crippen LogP contribution in [0.2, 0.25) is 0 Å². The maximum atomic E-state index is 12.4. The molecule has 0 aromatic carbocycles. The van der Waals surface area contributed by atoms with Gasteiger partial charge in [0.15, 0.2) is 0 Å². The summed E-state index contributed by atoms with van der Waals surface area (Å²) >= 11 is 0. The molecule has 5 nitrogen and oxygen atoms in total. The fourth-order valence-electron chi connectivity index (χ4n) is 1.02. The van der Waals surface area contributed by atoms with Gasteiger partial charge in [0, 0.05) is 0 Å². The van der Waals surface area contributed by atoms with Crippen molar-refractivity contribution in [2.45, 2.75) is 45.5 Å². The molecule has 8 heteroatoms. The summed E-state index contributed by atoms with van der Waals surface area (Å²) in [6.07, 6.45) is -5.93. The number of nitrogens with one attached hydrogen (secondary N) is 1. The Hall–Kier alpha value is -1.47. The van der Waals surface area contributed by atoms with Crippen molar-refractivity contribution < 1.29 is 32.6 Å². The number of aliphatic carboxylic acids is 1. The predicted octanol–water partition coefficient (Wildman–Crippen LogP) is 2.16. The Bertz CT molecular complexity index is 322. The van der Waals surface area contributed by atoms with Crippen LogP contribution in [-0.2, 0) is 9.53 Å². The van der Waals surface area contributed by atoms with Crippen LogP contribution in [0.25, 0.3) is 0 Å². The molecule has 2 N–H and O–H groups in total. The zero-order valence-corrected chi connectivity index (χ0v) is 10.5. The maximum absolute atomic E-state index is 12.4. The van der Waals surface area contributed by atoms with E-state index in [1.54, 1.807) is 5.32 Å². The standard InChI is InChI=1S/C10H16F3NO4/c1-5(10(11,12)13)6(7(15)16)14-8(17)18-9(2,3)4/h5-6H,1-4H3,(H,14,17)(H,15,16)/t5?,6-/m0/s1. The van der Waals surface area contributed by atoms with Crippen molar-refractivity contribution in [2.75, 3.05) is 0 Å². The third-order valence-electron chi connectivity index (χ3n) is 1.95. The highest BCUT2D eigenvalue weighted by Crippen LogP contribution is 2.28. The molecule has 0 bridgehead atoms. The summed E-state index contributed by atoms with van der Waals surface area (Å²) in [4.78, 5) is 22.0. The van der Waals surface area contributed by atoms with Gasteiger partial charge in [-0.1, -0.05) is 6.92 Å². The van der Waals surface area contributed by atoms with Gasteiger partial charge < -0.3 is 15.2 Å². The molecule has 0 radical (unpaired) electrons. The monoisotopic (exact) mass is 271 g/mol. The van der Waals surface area contributed by atoms with Gasteiger partial charge in [-0.2, -0.15) is 13.2 Å². The fourth-order valence-corrected chi connectivity index (χ4v) is 1.02. The molecule has 1 unspecified atom stereocenters. The van der Waals surface area contributed by atoms with Crippen molar-refractivity contribution >= 4 is 12.1 Å². The molecule has 0 rings (SSSR count). The zero-order chi connectivity index (χ0) is 14.7. The molecule has 0 aromatic rings. The van der Waals surface area contributed by atoms with Crippen LogP contribution >= 0.6 is 0 Å². The topological polar surface area (TPSA) is 75.6 Å². The number of halogens is 3. The summed E-state index contributed by atoms with van der Waals surface area (Å²) in [5, 5.41) is 10.4. The second kappa shape index (κ2) is 5.45. The molecule has 0 heterocycles. The van der Waals surface area contributed by atoms with E-state index < -0.39 is 35.8 Å². The number of hydrogen-bond donors (Lipinski definition) is 2. The van der Waals surface area contributed by atoms with E-state index >= 15 is 0 Å². The molecule has 0 fully saturated rings. The number of carboxylic acid groups (broad SMARTS) is 1. The Labute approximate surface area is 102 Å². The summed E-state index contributed by atoms with van der Waals surface area (Å²) in [6, 6.07) is -2.08. The summed E-state index contributed by atoms with van der Waals surface area (Å²) < 4.78 is 41.9. The van der Waals surface area contributed by atoms with E-state index in [1.807, 2.05) is 0 Å². The molecule has 0 aliphatic heterocycles. The molecule has 0 spiro atoms. The van der Waals surface area contributed by atoms with E-state index in [2.05, 4.69) is 0 Å². The molecule has 0 saturated carbocycles. The zero-order valence-electron chi connectivity index (χ0n) is 10.5. The van der Waals surface area contributed by atoms with Crippen LogP contribution < -0.4 is 5.32 Å². The van der Waals surface area contributed by atoms with Crippen LogP contribution in [0.3, 0.4) is 0 Å². The average molecular weight is 271 g/mol. The normalized spacial score (nSPS) is 15.7. The lowest BCUT2D eigenvalue weighted by Gasteiger charge is -2.25. The smallest absolute Gasteiger partial charge is 0.408 e. The van der Waals surface area contributed by atoms with Crippen LogP contribution in [0.4, 0.5) is 18.0 Å². The minimum atomic E-state index is -4.72.